The molecule has 166 valence electrons. The number of alkyl halides is 2. The van der Waals surface area contributed by atoms with E-state index < -0.39 is 18.5 Å². The Morgan fingerprint density at radius 1 is 1.00 bits per heavy atom. The van der Waals surface area contributed by atoms with Gasteiger partial charge >= 0.3 is 0 Å². The lowest BCUT2D eigenvalue weighted by Gasteiger charge is -2.37. The lowest BCUT2D eigenvalue weighted by Crippen LogP contribution is -2.47. The van der Waals surface area contributed by atoms with Crippen LogP contribution in [0.2, 0.25) is 0 Å². The molecule has 1 fully saturated rings. The molecule has 1 aromatic carbocycles. The van der Waals surface area contributed by atoms with E-state index in [1.54, 1.807) is 12.4 Å². The number of piperazine rings is 1. The average Bonchev–Trinajstić information content (AvgIpc) is 3.09. The number of hydrogen-bond acceptors (Lipinski definition) is 6. The molecule has 0 amide bonds. The largest absolute Gasteiger partial charge is 0.368 e. The zero-order chi connectivity index (χ0) is 22.4. The van der Waals surface area contributed by atoms with Crippen LogP contribution in [0.1, 0.15) is 5.69 Å². The van der Waals surface area contributed by atoms with Crippen molar-refractivity contribution in [2.45, 2.75) is 19.9 Å². The van der Waals surface area contributed by atoms with Crippen LogP contribution in [0.25, 0.3) is 21.9 Å². The van der Waals surface area contributed by atoms with Gasteiger partial charge in [0, 0.05) is 44.6 Å². The highest BCUT2D eigenvalue weighted by atomic mass is 19.3. The minimum Gasteiger partial charge on any atom is -0.368 e. The Morgan fingerprint density at radius 3 is 2.50 bits per heavy atom. The third kappa shape index (κ3) is 3.45. The Morgan fingerprint density at radius 2 is 1.75 bits per heavy atom. The summed E-state index contributed by atoms with van der Waals surface area (Å²) in [6.45, 7) is 4.54. The number of aromatic nitrogens is 5. The van der Waals surface area contributed by atoms with E-state index >= 15 is 0 Å². The van der Waals surface area contributed by atoms with Gasteiger partial charge in [0.15, 0.2) is 5.82 Å². The molecule has 0 radical (unpaired) electrons. The van der Waals surface area contributed by atoms with Crippen LogP contribution >= 0.6 is 0 Å². The van der Waals surface area contributed by atoms with E-state index in [2.05, 4.69) is 42.3 Å². The molecule has 1 aliphatic heterocycles. The quantitative estimate of drug-likeness (QED) is 0.487. The summed E-state index contributed by atoms with van der Waals surface area (Å²) in [4.78, 5) is 30.1. The molecule has 0 atom stereocenters. The first kappa shape index (κ1) is 20.3. The van der Waals surface area contributed by atoms with Gasteiger partial charge in [0.1, 0.15) is 11.8 Å². The fraction of sp³-hybridized carbons (Fsp3) is 0.364. The van der Waals surface area contributed by atoms with Crippen LogP contribution in [0.3, 0.4) is 0 Å². The van der Waals surface area contributed by atoms with Gasteiger partial charge in [-0.05, 0) is 31.2 Å². The van der Waals surface area contributed by atoms with Gasteiger partial charge in [0.05, 0.1) is 29.3 Å². The smallest absolute Gasteiger partial charge is 0.261 e. The van der Waals surface area contributed by atoms with Crippen molar-refractivity contribution in [1.82, 2.24) is 24.1 Å². The number of nitrogens with zero attached hydrogens (tertiary/aromatic N) is 7. The fourth-order valence-electron chi connectivity index (χ4n) is 4.31. The maximum Gasteiger partial charge on any atom is 0.261 e. The van der Waals surface area contributed by atoms with Crippen LogP contribution < -0.4 is 15.4 Å². The first-order valence-electron chi connectivity index (χ1n) is 10.5. The fourth-order valence-corrected chi connectivity index (χ4v) is 4.31. The van der Waals surface area contributed by atoms with E-state index in [1.807, 2.05) is 19.2 Å². The van der Waals surface area contributed by atoms with E-state index in [0.717, 1.165) is 59.0 Å². The topological polar surface area (TPSA) is 72.1 Å². The predicted octanol–water partition coefficient (Wildman–Crippen LogP) is 2.58. The summed E-state index contributed by atoms with van der Waals surface area (Å²) < 4.78 is 28.4. The lowest BCUT2D eigenvalue weighted by atomic mass is 10.2. The Labute approximate surface area is 182 Å². The number of aryl methyl sites for hydroxylation is 2. The van der Waals surface area contributed by atoms with Crippen molar-refractivity contribution in [1.29, 1.82) is 0 Å². The van der Waals surface area contributed by atoms with Gasteiger partial charge in [-0.1, -0.05) is 0 Å². The van der Waals surface area contributed by atoms with Crippen molar-refractivity contribution >= 4 is 33.4 Å². The van der Waals surface area contributed by atoms with Crippen molar-refractivity contribution in [2.75, 3.05) is 36.0 Å². The second kappa shape index (κ2) is 7.85. The van der Waals surface area contributed by atoms with Crippen LogP contribution in [0.15, 0.2) is 41.7 Å². The van der Waals surface area contributed by atoms with Crippen LogP contribution in [0.4, 0.5) is 20.3 Å². The molecule has 0 spiro atoms. The first-order chi connectivity index (χ1) is 15.4. The molecule has 4 aromatic rings. The second-order valence-corrected chi connectivity index (χ2v) is 8.04. The number of fused-ring (bicyclic) bond motifs is 2. The number of anilines is 2. The summed E-state index contributed by atoms with van der Waals surface area (Å²) in [6.07, 6.45) is 0.207. The summed E-state index contributed by atoms with van der Waals surface area (Å²) in [5, 5.41) is 0.345. The Bertz CT molecular complexity index is 1360. The lowest BCUT2D eigenvalue weighted by molar-refractivity contribution is 0.125. The maximum atomic E-state index is 12.7. The van der Waals surface area contributed by atoms with E-state index in [9.17, 15) is 13.6 Å². The molecular formula is C22H23F2N7O. The molecule has 1 aliphatic rings. The Kier molecular flexibility index (Phi) is 4.99. The van der Waals surface area contributed by atoms with Gasteiger partial charge in [-0.25, -0.2) is 23.7 Å². The van der Waals surface area contributed by atoms with Crippen LogP contribution in [-0.4, -0.2) is 56.7 Å². The molecule has 0 bridgehead atoms. The standard InChI is InChI=1S/C22H23F2N7O/c1-14-9-18-20(28(14)2)21(26-12-25-18)30-7-5-29(6-8-30)15-3-4-16-17(10-15)27-13-31(22(16)32)11-19(23)24/h3-4,9-10,12-13,19H,5-8,11H2,1-2H3. The molecule has 4 heterocycles. The van der Waals surface area contributed by atoms with Crippen LogP contribution in [0.5, 0.6) is 0 Å². The van der Waals surface area contributed by atoms with E-state index in [0.29, 0.717) is 10.9 Å². The Balaban J connectivity index is 1.37. The van der Waals surface area contributed by atoms with Gasteiger partial charge < -0.3 is 14.4 Å². The zero-order valence-electron chi connectivity index (χ0n) is 17.9. The van der Waals surface area contributed by atoms with Gasteiger partial charge in [-0.3, -0.25) is 9.36 Å². The third-order valence-corrected chi connectivity index (χ3v) is 6.13. The summed E-state index contributed by atoms with van der Waals surface area (Å²) in [5.41, 5.74) is 4.13. The molecule has 5 rings (SSSR count). The highest BCUT2D eigenvalue weighted by Gasteiger charge is 2.22. The minimum absolute atomic E-state index is 0.345. The maximum absolute atomic E-state index is 12.7. The SMILES string of the molecule is Cc1cc2ncnc(N3CCN(c4ccc5c(=O)n(CC(F)F)cnc5c4)CC3)c2n1C. The van der Waals surface area contributed by atoms with E-state index in [-0.39, 0.29) is 0 Å². The molecular weight excluding hydrogens is 416 g/mol. The summed E-state index contributed by atoms with van der Waals surface area (Å²) >= 11 is 0. The second-order valence-electron chi connectivity index (χ2n) is 8.04. The highest BCUT2D eigenvalue weighted by Crippen LogP contribution is 2.27. The molecule has 0 saturated carbocycles. The van der Waals surface area contributed by atoms with Gasteiger partial charge in [-0.15, -0.1) is 0 Å². The molecule has 0 unspecified atom stereocenters. The number of halogens is 2. The first-order valence-corrected chi connectivity index (χ1v) is 10.5. The summed E-state index contributed by atoms with van der Waals surface area (Å²) in [7, 11) is 2.03. The van der Waals surface area contributed by atoms with Crippen molar-refractivity contribution in [2.24, 2.45) is 7.05 Å². The molecule has 10 heteroatoms. The van der Waals surface area contributed by atoms with E-state index in [4.69, 9.17) is 0 Å². The van der Waals surface area contributed by atoms with Gasteiger partial charge in [0.25, 0.3) is 12.0 Å². The van der Waals surface area contributed by atoms with Crippen LogP contribution in [0, 0.1) is 6.92 Å². The summed E-state index contributed by atoms with van der Waals surface area (Å²) in [5.74, 6) is 0.935. The van der Waals surface area contributed by atoms with Crippen molar-refractivity contribution in [3.05, 3.63) is 53.0 Å². The average molecular weight is 439 g/mol. The van der Waals surface area contributed by atoms with E-state index in [1.165, 1.54) is 6.33 Å². The van der Waals surface area contributed by atoms with Gasteiger partial charge in [-0.2, -0.15) is 0 Å². The number of benzene rings is 1. The molecule has 1 saturated heterocycles. The molecule has 32 heavy (non-hydrogen) atoms. The van der Waals surface area contributed by atoms with Gasteiger partial charge in [0.2, 0.25) is 0 Å². The number of hydrogen-bond donors (Lipinski definition) is 0. The van der Waals surface area contributed by atoms with Crippen molar-refractivity contribution in [3.63, 3.8) is 0 Å². The molecule has 8 nitrogen and oxygen atoms in total. The monoisotopic (exact) mass is 439 g/mol. The predicted molar refractivity (Wildman–Crippen MR) is 120 cm³/mol. The minimum atomic E-state index is -2.60. The zero-order valence-corrected chi connectivity index (χ0v) is 17.9. The molecule has 0 N–H and O–H groups in total. The third-order valence-electron chi connectivity index (χ3n) is 6.13. The highest BCUT2D eigenvalue weighted by molar-refractivity contribution is 5.88. The number of rotatable bonds is 4. The summed E-state index contributed by atoms with van der Waals surface area (Å²) in [6, 6.07) is 7.45. The van der Waals surface area contributed by atoms with Crippen molar-refractivity contribution in [3.8, 4) is 0 Å². The molecule has 3 aromatic heterocycles. The van der Waals surface area contributed by atoms with Crippen LogP contribution in [-0.2, 0) is 13.6 Å². The van der Waals surface area contributed by atoms with Crippen molar-refractivity contribution < 1.29 is 8.78 Å². The molecule has 0 aliphatic carbocycles. The Hall–Kier alpha value is -3.56. The normalized spacial score (nSPS) is 14.8.